The molecule has 0 fully saturated rings. The number of carbonyl (C=O) groups is 1. The zero-order valence-corrected chi connectivity index (χ0v) is 7.01. The van der Waals surface area contributed by atoms with Crippen LogP contribution in [-0.4, -0.2) is 31.3 Å². The Balaban J connectivity index is 4.16. The Kier molecular flexibility index (Phi) is 3.79. The molecule has 8 heteroatoms. The van der Waals surface area contributed by atoms with Crippen molar-refractivity contribution in [2.75, 3.05) is 5.75 Å². The molecule has 0 aromatic rings. The Labute approximate surface area is 69.1 Å². The second-order valence-corrected chi connectivity index (χ2v) is 3.79. The summed E-state index contributed by atoms with van der Waals surface area (Å²) >= 11 is 3.01. The van der Waals surface area contributed by atoms with Crippen LogP contribution >= 0.6 is 12.9 Å². The maximum Gasteiger partial charge on any atom is 0.321 e. The summed E-state index contributed by atoms with van der Waals surface area (Å²) in [7, 11) is -3.91. The van der Waals surface area contributed by atoms with Gasteiger partial charge in [0.1, 0.15) is 11.8 Å². The monoisotopic (exact) mass is 201 g/mol. The lowest BCUT2D eigenvalue weighted by atomic mass is 10.4. The molecule has 0 bridgehead atoms. The van der Waals surface area contributed by atoms with E-state index in [2.05, 4.69) is 16.5 Å². The Morgan fingerprint density at radius 1 is 1.73 bits per heavy atom. The fraction of sp³-hybridized carbons (Fsp3) is 0.667. The average molecular weight is 201 g/mol. The lowest BCUT2D eigenvalue weighted by molar-refractivity contribution is -0.138. The smallest absolute Gasteiger partial charge is 0.321 e. The Hall–Kier alpha value is -0.310. The standard InChI is InChI=1S/C3H7NO5S2/c4-2(3(5)6)1-11(7,8)9-10/h2,10H,1,4H2,(H,5,6)/t2-/m0/s1. The normalized spacial score (nSPS) is 14.4. The molecule has 0 radical (unpaired) electrons. The average Bonchev–Trinajstić information content (AvgIpc) is 1.87. The fourth-order valence-electron chi connectivity index (χ4n) is 0.322. The van der Waals surface area contributed by atoms with Crippen LogP contribution < -0.4 is 5.73 Å². The summed E-state index contributed by atoms with van der Waals surface area (Å²) in [5.74, 6) is -2.19. The second kappa shape index (κ2) is 3.90. The number of nitrogens with two attached hydrogens (primary N) is 1. The van der Waals surface area contributed by atoms with E-state index in [0.717, 1.165) is 0 Å². The molecule has 0 aliphatic heterocycles. The zero-order valence-electron chi connectivity index (χ0n) is 5.30. The number of rotatable bonds is 4. The number of carboxylic acids is 1. The van der Waals surface area contributed by atoms with E-state index < -0.39 is 27.9 Å². The molecule has 1 atom stereocenters. The molecule has 0 aliphatic rings. The highest BCUT2D eigenvalue weighted by molar-refractivity contribution is 7.95. The van der Waals surface area contributed by atoms with E-state index in [1.165, 1.54) is 0 Å². The van der Waals surface area contributed by atoms with Gasteiger partial charge in [-0.05, 0) is 12.9 Å². The van der Waals surface area contributed by atoms with Gasteiger partial charge in [-0.1, -0.05) is 0 Å². The lowest BCUT2D eigenvalue weighted by Gasteiger charge is -2.03. The first-order valence-electron chi connectivity index (χ1n) is 2.43. The summed E-state index contributed by atoms with van der Waals surface area (Å²) in [6.07, 6.45) is 0. The minimum Gasteiger partial charge on any atom is -0.480 e. The van der Waals surface area contributed by atoms with Crippen molar-refractivity contribution in [2.24, 2.45) is 5.73 Å². The highest BCUT2D eigenvalue weighted by Crippen LogP contribution is 1.97. The van der Waals surface area contributed by atoms with Gasteiger partial charge in [0.2, 0.25) is 0 Å². The zero-order chi connectivity index (χ0) is 9.07. The van der Waals surface area contributed by atoms with Gasteiger partial charge in [-0.2, -0.15) is 8.42 Å². The SMILES string of the molecule is N[C@@H](CS(=O)(=O)OS)C(=O)O. The molecule has 0 rings (SSSR count). The van der Waals surface area contributed by atoms with Crippen molar-refractivity contribution >= 4 is 29.0 Å². The van der Waals surface area contributed by atoms with Crippen molar-refractivity contribution in [1.82, 2.24) is 0 Å². The van der Waals surface area contributed by atoms with Crippen molar-refractivity contribution in [3.63, 3.8) is 0 Å². The van der Waals surface area contributed by atoms with Crippen molar-refractivity contribution in [3.8, 4) is 0 Å². The summed E-state index contributed by atoms with van der Waals surface area (Å²) in [6.45, 7) is 0. The topological polar surface area (TPSA) is 107 Å². The molecule has 0 heterocycles. The molecule has 0 aromatic heterocycles. The van der Waals surface area contributed by atoms with Crippen molar-refractivity contribution < 1.29 is 21.9 Å². The Morgan fingerprint density at radius 3 is 2.45 bits per heavy atom. The fourth-order valence-corrected chi connectivity index (χ4v) is 1.15. The van der Waals surface area contributed by atoms with Gasteiger partial charge in [-0.25, -0.2) is 3.63 Å². The number of aliphatic carboxylic acids is 1. The second-order valence-electron chi connectivity index (χ2n) is 1.74. The number of hydrogen-bond donors (Lipinski definition) is 3. The van der Waals surface area contributed by atoms with Gasteiger partial charge in [-0.3, -0.25) is 4.79 Å². The number of thiol groups is 1. The molecule has 11 heavy (non-hydrogen) atoms. The highest BCUT2D eigenvalue weighted by atomic mass is 32.3. The minimum absolute atomic E-state index is 0.786. The van der Waals surface area contributed by atoms with Crippen LogP contribution in [0.4, 0.5) is 0 Å². The molecular weight excluding hydrogens is 194 g/mol. The third-order valence-corrected chi connectivity index (χ3v) is 2.49. The van der Waals surface area contributed by atoms with Gasteiger partial charge in [0.15, 0.2) is 0 Å². The first kappa shape index (κ1) is 10.7. The predicted octanol–water partition coefficient (Wildman–Crippen LogP) is -1.41. The van der Waals surface area contributed by atoms with Crippen LogP contribution in [-0.2, 0) is 18.5 Å². The third-order valence-electron chi connectivity index (χ3n) is 0.814. The van der Waals surface area contributed by atoms with Crippen LogP contribution in [0, 0.1) is 0 Å². The van der Waals surface area contributed by atoms with Crippen molar-refractivity contribution in [2.45, 2.75) is 6.04 Å². The van der Waals surface area contributed by atoms with E-state index in [-0.39, 0.29) is 0 Å². The van der Waals surface area contributed by atoms with Gasteiger partial charge < -0.3 is 10.8 Å². The van der Waals surface area contributed by atoms with Crippen LogP contribution in [0.2, 0.25) is 0 Å². The molecule has 66 valence electrons. The molecule has 0 spiro atoms. The molecule has 0 saturated carbocycles. The molecule has 3 N–H and O–H groups in total. The third kappa shape index (κ3) is 4.19. The van der Waals surface area contributed by atoms with Crippen LogP contribution in [0.15, 0.2) is 0 Å². The quantitative estimate of drug-likeness (QED) is 0.381. The maximum atomic E-state index is 10.5. The van der Waals surface area contributed by atoms with Gasteiger partial charge >= 0.3 is 5.97 Å². The summed E-state index contributed by atoms with van der Waals surface area (Å²) in [5, 5.41) is 8.17. The largest absolute Gasteiger partial charge is 0.480 e. The van der Waals surface area contributed by atoms with Crippen LogP contribution in [0.3, 0.4) is 0 Å². The lowest BCUT2D eigenvalue weighted by Crippen LogP contribution is -2.37. The summed E-state index contributed by atoms with van der Waals surface area (Å²) in [5.41, 5.74) is 4.89. The molecule has 0 unspecified atom stereocenters. The van der Waals surface area contributed by atoms with Crippen molar-refractivity contribution in [1.29, 1.82) is 0 Å². The van der Waals surface area contributed by atoms with Crippen LogP contribution in [0.25, 0.3) is 0 Å². The first-order valence-corrected chi connectivity index (χ1v) is 4.37. The molecule has 0 amide bonds. The summed E-state index contributed by atoms with van der Waals surface area (Å²) in [6, 6.07) is -1.48. The number of carboxylic acid groups (broad SMARTS) is 1. The minimum atomic E-state index is -3.91. The molecular formula is C3H7NO5S2. The van der Waals surface area contributed by atoms with E-state index in [0.29, 0.717) is 0 Å². The van der Waals surface area contributed by atoms with E-state index in [1.807, 2.05) is 0 Å². The van der Waals surface area contributed by atoms with E-state index >= 15 is 0 Å². The van der Waals surface area contributed by atoms with Gasteiger partial charge in [0.25, 0.3) is 10.1 Å². The first-order chi connectivity index (χ1) is 4.89. The highest BCUT2D eigenvalue weighted by Gasteiger charge is 2.21. The molecule has 0 aliphatic carbocycles. The number of hydrogen-bond acceptors (Lipinski definition) is 6. The Morgan fingerprint density at radius 2 is 2.18 bits per heavy atom. The molecule has 0 aromatic carbocycles. The van der Waals surface area contributed by atoms with Gasteiger partial charge in [0.05, 0.1) is 0 Å². The maximum absolute atomic E-state index is 10.5. The van der Waals surface area contributed by atoms with Crippen LogP contribution in [0.1, 0.15) is 0 Å². The summed E-state index contributed by atoms with van der Waals surface area (Å²) < 4.78 is 24.6. The predicted molar refractivity (Wildman–Crippen MR) is 39.5 cm³/mol. The molecule has 6 nitrogen and oxygen atoms in total. The van der Waals surface area contributed by atoms with Gasteiger partial charge in [0, 0.05) is 0 Å². The van der Waals surface area contributed by atoms with Crippen molar-refractivity contribution in [3.05, 3.63) is 0 Å². The Bertz CT molecular complexity index is 234. The molecule has 0 saturated heterocycles. The van der Waals surface area contributed by atoms with E-state index in [4.69, 9.17) is 10.8 Å². The summed E-state index contributed by atoms with van der Waals surface area (Å²) in [4.78, 5) is 10.0. The van der Waals surface area contributed by atoms with E-state index in [1.54, 1.807) is 0 Å². The van der Waals surface area contributed by atoms with Gasteiger partial charge in [-0.15, -0.1) is 0 Å². The van der Waals surface area contributed by atoms with Crippen LogP contribution in [0.5, 0.6) is 0 Å². The van der Waals surface area contributed by atoms with E-state index in [9.17, 15) is 13.2 Å².